The first-order valence-electron chi connectivity index (χ1n) is 6.18. The van der Waals surface area contributed by atoms with Crippen molar-refractivity contribution in [3.05, 3.63) is 41.5 Å². The van der Waals surface area contributed by atoms with Crippen LogP contribution in [-0.2, 0) is 9.53 Å². The summed E-state index contributed by atoms with van der Waals surface area (Å²) in [5.41, 5.74) is 5.92. The van der Waals surface area contributed by atoms with Crippen LogP contribution in [0.4, 0.5) is 0 Å². The first-order chi connectivity index (χ1) is 9.61. The van der Waals surface area contributed by atoms with Crippen molar-refractivity contribution >= 4 is 17.6 Å². The van der Waals surface area contributed by atoms with E-state index in [9.17, 15) is 9.90 Å². The van der Waals surface area contributed by atoms with Gasteiger partial charge in [-0.2, -0.15) is 0 Å². The largest absolute Gasteiger partial charge is 0.506 e. The minimum Gasteiger partial charge on any atom is -0.506 e. The Bertz CT molecular complexity index is 509. The maximum absolute atomic E-state index is 11.9. The second-order valence-electron chi connectivity index (χ2n) is 3.80. The third kappa shape index (κ3) is 4.10. The number of ether oxygens (including phenoxy) is 1. The van der Waals surface area contributed by atoms with Gasteiger partial charge in [-0.25, -0.2) is 4.79 Å². The summed E-state index contributed by atoms with van der Waals surface area (Å²) in [6.07, 6.45) is 0. The van der Waals surface area contributed by atoms with Crippen molar-refractivity contribution in [2.24, 2.45) is 10.7 Å². The van der Waals surface area contributed by atoms with Gasteiger partial charge in [-0.05, 0) is 6.92 Å². The standard InChI is InChI=1S/C14H18N2O4/c1-2-20-14(19)11(13(15)16-8-9-17)12(18)10-6-4-3-5-7-10/h3-7,17-18H,2,8-9H2,1H3,(H2,15,16)/b12-11+. The predicted molar refractivity (Wildman–Crippen MR) is 76.2 cm³/mol. The molecule has 6 nitrogen and oxygen atoms in total. The number of hydrogen-bond acceptors (Lipinski definition) is 5. The molecule has 0 heterocycles. The van der Waals surface area contributed by atoms with Crippen LogP contribution in [-0.4, -0.2) is 41.8 Å². The highest BCUT2D eigenvalue weighted by Gasteiger charge is 2.21. The molecule has 0 aliphatic rings. The Labute approximate surface area is 117 Å². The Hall–Kier alpha value is -2.34. The maximum Gasteiger partial charge on any atom is 0.345 e. The van der Waals surface area contributed by atoms with Crippen molar-refractivity contribution in [3.63, 3.8) is 0 Å². The molecule has 0 aliphatic carbocycles. The van der Waals surface area contributed by atoms with Crippen LogP contribution in [0.15, 0.2) is 40.9 Å². The summed E-state index contributed by atoms with van der Waals surface area (Å²) in [7, 11) is 0. The van der Waals surface area contributed by atoms with Crippen molar-refractivity contribution in [2.75, 3.05) is 19.8 Å². The number of carbonyl (C=O) groups excluding carboxylic acids is 1. The van der Waals surface area contributed by atoms with E-state index in [-0.39, 0.29) is 36.9 Å². The fourth-order valence-electron chi connectivity index (χ4n) is 1.52. The average Bonchev–Trinajstić information content (AvgIpc) is 2.46. The molecule has 0 spiro atoms. The minimum atomic E-state index is -0.756. The highest BCUT2D eigenvalue weighted by atomic mass is 16.5. The van der Waals surface area contributed by atoms with Gasteiger partial charge in [-0.15, -0.1) is 0 Å². The monoisotopic (exact) mass is 278 g/mol. The molecule has 0 saturated carbocycles. The van der Waals surface area contributed by atoms with Crippen LogP contribution in [0.3, 0.4) is 0 Å². The number of benzene rings is 1. The van der Waals surface area contributed by atoms with Crippen LogP contribution < -0.4 is 5.73 Å². The van der Waals surface area contributed by atoms with E-state index in [1.165, 1.54) is 0 Å². The fourth-order valence-corrected chi connectivity index (χ4v) is 1.52. The molecule has 1 aromatic carbocycles. The third-order valence-corrected chi connectivity index (χ3v) is 2.40. The van der Waals surface area contributed by atoms with Crippen molar-refractivity contribution in [3.8, 4) is 0 Å². The summed E-state index contributed by atoms with van der Waals surface area (Å²) in [6.45, 7) is 1.63. The minimum absolute atomic E-state index is 0.0385. The van der Waals surface area contributed by atoms with E-state index < -0.39 is 5.97 Å². The molecule has 0 atom stereocenters. The number of aliphatic hydroxyl groups excluding tert-OH is 2. The summed E-state index contributed by atoms with van der Waals surface area (Å²) in [6, 6.07) is 8.48. The zero-order chi connectivity index (χ0) is 15.0. The lowest BCUT2D eigenvalue weighted by Crippen LogP contribution is -2.25. The smallest absolute Gasteiger partial charge is 0.345 e. The van der Waals surface area contributed by atoms with Gasteiger partial charge in [0.1, 0.15) is 17.2 Å². The fraction of sp³-hybridized carbons (Fsp3) is 0.286. The van der Waals surface area contributed by atoms with E-state index in [2.05, 4.69) is 4.99 Å². The van der Waals surface area contributed by atoms with Crippen molar-refractivity contribution in [1.82, 2.24) is 0 Å². The van der Waals surface area contributed by atoms with Crippen LogP contribution in [0, 0.1) is 0 Å². The summed E-state index contributed by atoms with van der Waals surface area (Å²) >= 11 is 0. The van der Waals surface area contributed by atoms with E-state index in [0.29, 0.717) is 5.56 Å². The normalized spacial score (nSPS) is 12.8. The van der Waals surface area contributed by atoms with Gasteiger partial charge in [0, 0.05) is 5.56 Å². The maximum atomic E-state index is 11.9. The Morgan fingerprint density at radius 1 is 1.35 bits per heavy atom. The second kappa shape index (κ2) is 7.96. The van der Waals surface area contributed by atoms with Crippen LogP contribution >= 0.6 is 0 Å². The molecule has 0 bridgehead atoms. The van der Waals surface area contributed by atoms with Crippen molar-refractivity contribution in [2.45, 2.75) is 6.92 Å². The van der Waals surface area contributed by atoms with Crippen LogP contribution in [0.1, 0.15) is 12.5 Å². The number of aliphatic imine (C=N–C) groups is 1. The lowest BCUT2D eigenvalue weighted by molar-refractivity contribution is -0.137. The lowest BCUT2D eigenvalue weighted by Gasteiger charge is -2.10. The quantitative estimate of drug-likeness (QED) is 0.235. The number of nitrogens with zero attached hydrogens (tertiary/aromatic N) is 1. The molecule has 0 amide bonds. The number of rotatable bonds is 6. The number of esters is 1. The third-order valence-electron chi connectivity index (χ3n) is 2.40. The molecular weight excluding hydrogens is 260 g/mol. The Morgan fingerprint density at radius 3 is 2.55 bits per heavy atom. The Balaban J connectivity index is 3.25. The molecule has 0 aromatic heterocycles. The summed E-state index contributed by atoms with van der Waals surface area (Å²) in [4.78, 5) is 15.7. The molecule has 1 rings (SSSR count). The first kappa shape index (κ1) is 15.7. The highest BCUT2D eigenvalue weighted by molar-refractivity contribution is 6.22. The summed E-state index contributed by atoms with van der Waals surface area (Å²) < 4.78 is 4.87. The predicted octanol–water partition coefficient (Wildman–Crippen LogP) is 0.868. The highest BCUT2D eigenvalue weighted by Crippen LogP contribution is 2.17. The number of aliphatic hydroxyl groups is 2. The topological polar surface area (TPSA) is 105 Å². The van der Waals surface area contributed by atoms with Gasteiger partial charge >= 0.3 is 5.97 Å². The van der Waals surface area contributed by atoms with Gasteiger partial charge in [-0.1, -0.05) is 30.3 Å². The molecule has 1 aromatic rings. The molecule has 108 valence electrons. The lowest BCUT2D eigenvalue weighted by atomic mass is 10.1. The van der Waals surface area contributed by atoms with Gasteiger partial charge in [-0.3, -0.25) is 4.99 Å². The molecule has 4 N–H and O–H groups in total. The van der Waals surface area contributed by atoms with Gasteiger partial charge in [0.2, 0.25) is 0 Å². The van der Waals surface area contributed by atoms with Crippen LogP contribution in [0.5, 0.6) is 0 Å². The summed E-state index contributed by atoms with van der Waals surface area (Å²) in [5.74, 6) is -1.23. The molecule has 6 heteroatoms. The zero-order valence-electron chi connectivity index (χ0n) is 11.2. The zero-order valence-corrected chi connectivity index (χ0v) is 11.2. The van der Waals surface area contributed by atoms with Gasteiger partial charge in [0.05, 0.1) is 19.8 Å². The molecule has 0 radical (unpaired) electrons. The number of carbonyl (C=O) groups is 1. The molecular formula is C14H18N2O4. The van der Waals surface area contributed by atoms with Gasteiger partial charge in [0.25, 0.3) is 0 Å². The van der Waals surface area contributed by atoms with E-state index in [1.807, 2.05) is 0 Å². The number of amidine groups is 1. The van der Waals surface area contributed by atoms with Crippen molar-refractivity contribution < 1.29 is 19.7 Å². The van der Waals surface area contributed by atoms with Gasteiger partial charge in [0.15, 0.2) is 0 Å². The molecule has 20 heavy (non-hydrogen) atoms. The number of nitrogens with two attached hydrogens (primary N) is 1. The van der Waals surface area contributed by atoms with E-state index >= 15 is 0 Å². The first-order valence-corrected chi connectivity index (χ1v) is 6.18. The Morgan fingerprint density at radius 2 is 2.00 bits per heavy atom. The SMILES string of the molecule is CCOC(=O)/C(C(N)=NCCO)=C(/O)c1ccccc1. The van der Waals surface area contributed by atoms with Crippen LogP contribution in [0.2, 0.25) is 0 Å². The Kier molecular flexibility index (Phi) is 6.25. The molecule has 0 saturated heterocycles. The van der Waals surface area contributed by atoms with Gasteiger partial charge < -0.3 is 20.7 Å². The molecule has 0 fully saturated rings. The average molecular weight is 278 g/mol. The van der Waals surface area contributed by atoms with E-state index in [0.717, 1.165) is 0 Å². The second-order valence-corrected chi connectivity index (χ2v) is 3.80. The van der Waals surface area contributed by atoms with Crippen molar-refractivity contribution in [1.29, 1.82) is 0 Å². The molecule has 0 unspecified atom stereocenters. The number of hydrogen-bond donors (Lipinski definition) is 3. The van der Waals surface area contributed by atoms with Crippen LogP contribution in [0.25, 0.3) is 5.76 Å². The summed E-state index contributed by atoms with van der Waals surface area (Å²) in [5, 5.41) is 18.9. The molecule has 0 aliphatic heterocycles. The van der Waals surface area contributed by atoms with E-state index in [1.54, 1.807) is 37.3 Å². The van der Waals surface area contributed by atoms with E-state index in [4.69, 9.17) is 15.6 Å².